The molecule has 4 nitrogen and oxygen atoms in total. The van der Waals surface area contributed by atoms with Crippen LogP contribution in [0.25, 0.3) is 11.0 Å². The molecule has 84 valence electrons. The highest BCUT2D eigenvalue weighted by atomic mass is 16.4. The Hall–Kier alpha value is -1.84. The van der Waals surface area contributed by atoms with Crippen molar-refractivity contribution in [3.63, 3.8) is 0 Å². The molecule has 1 heterocycles. The van der Waals surface area contributed by atoms with Crippen LogP contribution in [0.1, 0.15) is 17.8 Å². The number of nitrogens with zero attached hydrogens (tertiary/aromatic N) is 2. The Balaban J connectivity index is 2.39. The van der Waals surface area contributed by atoms with Crippen LogP contribution in [0.5, 0.6) is 0 Å². The minimum atomic E-state index is -0.789. The van der Waals surface area contributed by atoms with Crippen molar-refractivity contribution >= 4 is 17.0 Å². The van der Waals surface area contributed by atoms with Gasteiger partial charge in [0.15, 0.2) is 0 Å². The molecule has 0 spiro atoms. The minimum absolute atomic E-state index is 0.121. The lowest BCUT2D eigenvalue weighted by Crippen LogP contribution is -2.03. The smallest absolute Gasteiger partial charge is 0.303 e. The molecule has 0 unspecified atom stereocenters. The van der Waals surface area contributed by atoms with Crippen molar-refractivity contribution in [2.75, 3.05) is 0 Å². The van der Waals surface area contributed by atoms with Crippen molar-refractivity contribution in [2.24, 2.45) is 7.05 Å². The fraction of sp³-hybridized carbons (Fsp3) is 0.333. The van der Waals surface area contributed by atoms with E-state index in [-0.39, 0.29) is 6.42 Å². The summed E-state index contributed by atoms with van der Waals surface area (Å²) in [5.74, 6) is 0.0336. The quantitative estimate of drug-likeness (QED) is 0.856. The summed E-state index contributed by atoms with van der Waals surface area (Å²) in [7, 11) is 1.92. The first kappa shape index (κ1) is 10.7. The van der Waals surface area contributed by atoms with Gasteiger partial charge in [0.2, 0.25) is 0 Å². The van der Waals surface area contributed by atoms with Crippen molar-refractivity contribution in [3.05, 3.63) is 29.6 Å². The molecular formula is C12H14N2O2. The van der Waals surface area contributed by atoms with Crippen molar-refractivity contribution in [1.29, 1.82) is 0 Å². The van der Waals surface area contributed by atoms with Gasteiger partial charge in [0.1, 0.15) is 5.82 Å². The molecule has 0 radical (unpaired) electrons. The monoisotopic (exact) mass is 218 g/mol. The molecular weight excluding hydrogens is 204 g/mol. The van der Waals surface area contributed by atoms with Crippen molar-refractivity contribution < 1.29 is 9.90 Å². The van der Waals surface area contributed by atoms with Gasteiger partial charge < -0.3 is 9.67 Å². The number of carboxylic acid groups (broad SMARTS) is 1. The van der Waals surface area contributed by atoms with E-state index in [9.17, 15) is 4.79 Å². The van der Waals surface area contributed by atoms with Gasteiger partial charge in [-0.05, 0) is 24.6 Å². The van der Waals surface area contributed by atoms with Crippen LogP contribution in [0, 0.1) is 6.92 Å². The van der Waals surface area contributed by atoms with E-state index in [0.29, 0.717) is 6.42 Å². The number of hydrogen-bond acceptors (Lipinski definition) is 2. The van der Waals surface area contributed by atoms with E-state index in [4.69, 9.17) is 5.11 Å². The molecule has 0 aliphatic carbocycles. The SMILES string of the molecule is Cc1ccc2c(c1)nc(CCC(=O)O)n2C. The predicted octanol–water partition coefficient (Wildman–Crippen LogP) is 1.90. The highest BCUT2D eigenvalue weighted by Crippen LogP contribution is 2.17. The normalized spacial score (nSPS) is 10.9. The van der Waals surface area contributed by atoms with E-state index in [1.165, 1.54) is 0 Å². The zero-order valence-corrected chi connectivity index (χ0v) is 9.40. The molecule has 1 aromatic carbocycles. The van der Waals surface area contributed by atoms with Gasteiger partial charge in [-0.2, -0.15) is 0 Å². The maximum absolute atomic E-state index is 10.5. The summed E-state index contributed by atoms with van der Waals surface area (Å²) >= 11 is 0. The minimum Gasteiger partial charge on any atom is -0.481 e. The standard InChI is InChI=1S/C12H14N2O2/c1-8-3-4-10-9(7-8)13-11(14(10)2)5-6-12(15)16/h3-4,7H,5-6H2,1-2H3,(H,15,16). The molecule has 1 N–H and O–H groups in total. The number of carbonyl (C=O) groups is 1. The molecule has 0 bridgehead atoms. The van der Waals surface area contributed by atoms with Crippen molar-refractivity contribution in [2.45, 2.75) is 19.8 Å². The Morgan fingerprint density at radius 2 is 2.25 bits per heavy atom. The van der Waals surface area contributed by atoms with Crippen molar-refractivity contribution in [1.82, 2.24) is 9.55 Å². The third-order valence-electron chi connectivity index (χ3n) is 2.69. The van der Waals surface area contributed by atoms with E-state index in [1.54, 1.807) is 0 Å². The summed E-state index contributed by atoms with van der Waals surface area (Å²) < 4.78 is 1.96. The maximum Gasteiger partial charge on any atom is 0.303 e. The van der Waals surface area contributed by atoms with Gasteiger partial charge >= 0.3 is 5.97 Å². The second kappa shape index (κ2) is 3.96. The van der Waals surface area contributed by atoms with Gasteiger partial charge in [-0.25, -0.2) is 4.98 Å². The molecule has 0 saturated heterocycles. The molecule has 0 aliphatic rings. The highest BCUT2D eigenvalue weighted by Gasteiger charge is 2.08. The zero-order valence-electron chi connectivity index (χ0n) is 9.40. The third-order valence-corrected chi connectivity index (χ3v) is 2.69. The second-order valence-electron chi connectivity index (χ2n) is 3.97. The molecule has 4 heteroatoms. The van der Waals surface area contributed by atoms with Gasteiger partial charge in [0.25, 0.3) is 0 Å². The number of rotatable bonds is 3. The van der Waals surface area contributed by atoms with E-state index in [0.717, 1.165) is 22.4 Å². The lowest BCUT2D eigenvalue weighted by Gasteiger charge is -1.99. The largest absolute Gasteiger partial charge is 0.481 e. The van der Waals surface area contributed by atoms with Crippen LogP contribution in [0.3, 0.4) is 0 Å². The van der Waals surface area contributed by atoms with Gasteiger partial charge in [-0.15, -0.1) is 0 Å². The number of aliphatic carboxylic acids is 1. The predicted molar refractivity (Wildman–Crippen MR) is 61.4 cm³/mol. The van der Waals surface area contributed by atoms with E-state index >= 15 is 0 Å². The number of carboxylic acids is 1. The first-order chi connectivity index (χ1) is 7.58. The van der Waals surface area contributed by atoms with Gasteiger partial charge in [0, 0.05) is 13.5 Å². The highest BCUT2D eigenvalue weighted by molar-refractivity contribution is 5.77. The molecule has 2 aromatic rings. The second-order valence-corrected chi connectivity index (χ2v) is 3.97. The third kappa shape index (κ3) is 1.91. The molecule has 0 aliphatic heterocycles. The van der Waals surface area contributed by atoms with Crippen LogP contribution < -0.4 is 0 Å². The molecule has 1 aromatic heterocycles. The number of hydrogen-bond donors (Lipinski definition) is 1. The lowest BCUT2D eigenvalue weighted by atomic mass is 10.2. The number of aromatic nitrogens is 2. The molecule has 0 fully saturated rings. The van der Waals surface area contributed by atoms with Gasteiger partial charge in [-0.1, -0.05) is 6.07 Å². The van der Waals surface area contributed by atoms with Gasteiger partial charge in [-0.3, -0.25) is 4.79 Å². The van der Waals surface area contributed by atoms with Gasteiger partial charge in [0.05, 0.1) is 17.5 Å². The summed E-state index contributed by atoms with van der Waals surface area (Å²) in [6.07, 6.45) is 0.593. The van der Waals surface area contributed by atoms with Crippen LogP contribution in [0.2, 0.25) is 0 Å². The Labute approximate surface area is 93.5 Å². The molecule has 16 heavy (non-hydrogen) atoms. The Morgan fingerprint density at radius 1 is 1.50 bits per heavy atom. The molecule has 0 saturated carbocycles. The van der Waals surface area contributed by atoms with E-state index in [2.05, 4.69) is 4.98 Å². The van der Waals surface area contributed by atoms with Crippen LogP contribution in [-0.2, 0) is 18.3 Å². The lowest BCUT2D eigenvalue weighted by molar-refractivity contribution is -0.137. The zero-order chi connectivity index (χ0) is 11.7. The summed E-state index contributed by atoms with van der Waals surface area (Å²) in [4.78, 5) is 15.0. The average molecular weight is 218 g/mol. The Bertz CT molecular complexity index is 543. The van der Waals surface area contributed by atoms with Crippen LogP contribution >= 0.6 is 0 Å². The summed E-state index contributed by atoms with van der Waals surface area (Å²) in [6, 6.07) is 6.06. The number of fused-ring (bicyclic) bond motifs is 1. The summed E-state index contributed by atoms with van der Waals surface area (Å²) in [5.41, 5.74) is 3.14. The average Bonchev–Trinajstić information content (AvgIpc) is 2.52. The number of aryl methyl sites for hydroxylation is 3. The Morgan fingerprint density at radius 3 is 2.94 bits per heavy atom. The van der Waals surface area contributed by atoms with E-state index < -0.39 is 5.97 Å². The van der Waals surface area contributed by atoms with Crippen molar-refractivity contribution in [3.8, 4) is 0 Å². The fourth-order valence-electron chi connectivity index (χ4n) is 1.80. The number of benzene rings is 1. The first-order valence-electron chi connectivity index (χ1n) is 5.21. The summed E-state index contributed by atoms with van der Waals surface area (Å²) in [6.45, 7) is 2.02. The molecule has 0 amide bonds. The number of imidazole rings is 1. The molecule has 2 rings (SSSR count). The summed E-state index contributed by atoms with van der Waals surface area (Å²) in [5, 5.41) is 8.65. The first-order valence-corrected chi connectivity index (χ1v) is 5.21. The van der Waals surface area contributed by atoms with E-state index in [1.807, 2.05) is 36.7 Å². The van der Waals surface area contributed by atoms with Crippen LogP contribution in [0.4, 0.5) is 0 Å². The van der Waals surface area contributed by atoms with Crippen LogP contribution in [-0.4, -0.2) is 20.6 Å². The maximum atomic E-state index is 10.5. The van der Waals surface area contributed by atoms with Crippen LogP contribution in [0.15, 0.2) is 18.2 Å². The molecule has 0 atom stereocenters. The fourth-order valence-corrected chi connectivity index (χ4v) is 1.80. The topological polar surface area (TPSA) is 55.1 Å². The Kier molecular flexibility index (Phi) is 2.64.